The second-order valence-electron chi connectivity index (χ2n) is 3.92. The molecule has 6 nitrogen and oxygen atoms in total. The molecule has 92 valence electrons. The summed E-state index contributed by atoms with van der Waals surface area (Å²) in [4.78, 5) is 15.8. The summed E-state index contributed by atoms with van der Waals surface area (Å²) in [5.41, 5.74) is 3.48. The van der Waals surface area contributed by atoms with E-state index in [0.29, 0.717) is 17.9 Å². The van der Waals surface area contributed by atoms with Gasteiger partial charge in [-0.3, -0.25) is 15.6 Å². The van der Waals surface area contributed by atoms with Gasteiger partial charge in [-0.25, -0.2) is 0 Å². The number of nitrogens with zero attached hydrogens (tertiary/aromatic N) is 1. The van der Waals surface area contributed by atoms with E-state index in [0.717, 1.165) is 19.4 Å². The van der Waals surface area contributed by atoms with Crippen molar-refractivity contribution in [3.05, 3.63) is 24.0 Å². The van der Waals surface area contributed by atoms with Gasteiger partial charge >= 0.3 is 0 Å². The van der Waals surface area contributed by atoms with Gasteiger partial charge in [-0.15, -0.1) is 0 Å². The van der Waals surface area contributed by atoms with E-state index in [2.05, 4.69) is 15.7 Å². The maximum atomic E-state index is 11.8. The molecule has 0 saturated carbocycles. The summed E-state index contributed by atoms with van der Waals surface area (Å²) in [7, 11) is 0. The molecule has 1 atom stereocenters. The van der Waals surface area contributed by atoms with Crippen molar-refractivity contribution in [3.63, 3.8) is 0 Å². The number of hydrogen-bond donors (Lipinski definition) is 3. The SMILES string of the molecule is NNc1ccnc(C(=O)NCC2CCCO2)c1. The van der Waals surface area contributed by atoms with Crippen LogP contribution < -0.4 is 16.6 Å². The van der Waals surface area contributed by atoms with Crippen LogP contribution >= 0.6 is 0 Å². The number of carbonyl (C=O) groups excluding carboxylic acids is 1. The standard InChI is InChI=1S/C11H16N4O2/c12-15-8-3-4-13-10(6-8)11(16)14-7-9-2-1-5-17-9/h3-4,6,9H,1-2,5,7,12H2,(H,13,15)(H,14,16). The van der Waals surface area contributed by atoms with Crippen molar-refractivity contribution >= 4 is 11.6 Å². The Balaban J connectivity index is 1.89. The maximum Gasteiger partial charge on any atom is 0.270 e. The molecule has 1 amide bonds. The monoisotopic (exact) mass is 236 g/mol. The highest BCUT2D eigenvalue weighted by molar-refractivity contribution is 5.93. The van der Waals surface area contributed by atoms with Gasteiger partial charge in [0.05, 0.1) is 11.8 Å². The topological polar surface area (TPSA) is 89.3 Å². The fourth-order valence-electron chi connectivity index (χ4n) is 1.75. The lowest BCUT2D eigenvalue weighted by Gasteiger charge is -2.10. The number of nitrogen functional groups attached to an aromatic ring is 1. The van der Waals surface area contributed by atoms with Crippen molar-refractivity contribution in [1.29, 1.82) is 0 Å². The molecule has 4 N–H and O–H groups in total. The molecule has 2 rings (SSSR count). The van der Waals surface area contributed by atoms with Crippen LogP contribution in [0.15, 0.2) is 18.3 Å². The molecule has 0 radical (unpaired) electrons. The third-order valence-electron chi connectivity index (χ3n) is 2.67. The van der Waals surface area contributed by atoms with Crippen LogP contribution in [-0.2, 0) is 4.74 Å². The predicted molar refractivity (Wildman–Crippen MR) is 63.4 cm³/mol. The molecule has 1 aliphatic heterocycles. The van der Waals surface area contributed by atoms with Crippen LogP contribution in [0.3, 0.4) is 0 Å². The number of aromatic nitrogens is 1. The Morgan fingerprint density at radius 2 is 2.53 bits per heavy atom. The van der Waals surface area contributed by atoms with Crippen LogP contribution in [0, 0.1) is 0 Å². The van der Waals surface area contributed by atoms with Gasteiger partial charge < -0.3 is 15.5 Å². The van der Waals surface area contributed by atoms with Crippen LogP contribution in [0.25, 0.3) is 0 Å². The molecular weight excluding hydrogens is 220 g/mol. The third-order valence-corrected chi connectivity index (χ3v) is 2.67. The van der Waals surface area contributed by atoms with Crippen molar-refractivity contribution in [3.8, 4) is 0 Å². The van der Waals surface area contributed by atoms with E-state index in [1.54, 1.807) is 12.1 Å². The molecule has 0 bridgehead atoms. The van der Waals surface area contributed by atoms with Crippen molar-refractivity contribution in [2.75, 3.05) is 18.6 Å². The summed E-state index contributed by atoms with van der Waals surface area (Å²) >= 11 is 0. The van der Waals surface area contributed by atoms with Gasteiger partial charge in [0.1, 0.15) is 5.69 Å². The molecule has 17 heavy (non-hydrogen) atoms. The molecule has 6 heteroatoms. The van der Waals surface area contributed by atoms with Gasteiger partial charge in [0.2, 0.25) is 0 Å². The second-order valence-corrected chi connectivity index (χ2v) is 3.92. The minimum absolute atomic E-state index is 0.134. The van der Waals surface area contributed by atoms with E-state index >= 15 is 0 Å². The van der Waals surface area contributed by atoms with Crippen LogP contribution in [0.4, 0.5) is 5.69 Å². The Kier molecular flexibility index (Phi) is 3.89. The number of anilines is 1. The highest BCUT2D eigenvalue weighted by atomic mass is 16.5. The van der Waals surface area contributed by atoms with Crippen molar-refractivity contribution in [2.45, 2.75) is 18.9 Å². The molecular formula is C11H16N4O2. The summed E-state index contributed by atoms with van der Waals surface area (Å²) < 4.78 is 5.42. The Bertz CT molecular complexity index is 391. The third kappa shape index (κ3) is 3.15. The van der Waals surface area contributed by atoms with Crippen molar-refractivity contribution < 1.29 is 9.53 Å². The Labute approximate surface area is 99.5 Å². The van der Waals surface area contributed by atoms with Gasteiger partial charge in [-0.1, -0.05) is 0 Å². The van der Waals surface area contributed by atoms with Gasteiger partial charge in [-0.05, 0) is 25.0 Å². The number of amides is 1. The molecule has 0 aromatic carbocycles. The molecule has 2 heterocycles. The minimum atomic E-state index is -0.211. The summed E-state index contributed by atoms with van der Waals surface area (Å²) in [5, 5.41) is 2.80. The fraction of sp³-hybridized carbons (Fsp3) is 0.455. The lowest BCUT2D eigenvalue weighted by molar-refractivity contribution is 0.0854. The second kappa shape index (κ2) is 5.60. The molecule has 1 aromatic rings. The first-order valence-electron chi connectivity index (χ1n) is 5.62. The zero-order valence-electron chi connectivity index (χ0n) is 9.48. The highest BCUT2D eigenvalue weighted by Crippen LogP contribution is 2.11. The van der Waals surface area contributed by atoms with Crippen LogP contribution in [0.2, 0.25) is 0 Å². The largest absolute Gasteiger partial charge is 0.376 e. The Hall–Kier alpha value is -1.66. The first-order chi connectivity index (χ1) is 8.29. The number of nitrogens with two attached hydrogens (primary N) is 1. The average Bonchev–Trinajstić information content (AvgIpc) is 2.89. The fourth-order valence-corrected chi connectivity index (χ4v) is 1.75. The van der Waals surface area contributed by atoms with Gasteiger partial charge in [0.15, 0.2) is 0 Å². The molecule has 1 aliphatic rings. The van der Waals surface area contributed by atoms with E-state index in [4.69, 9.17) is 10.6 Å². The summed E-state index contributed by atoms with van der Waals surface area (Å²) in [5.74, 6) is 5.05. The number of pyridine rings is 1. The van der Waals surface area contributed by atoms with Gasteiger partial charge in [-0.2, -0.15) is 0 Å². The maximum absolute atomic E-state index is 11.8. The summed E-state index contributed by atoms with van der Waals surface area (Å²) in [6.07, 6.45) is 3.73. The van der Waals surface area contributed by atoms with Crippen LogP contribution in [-0.4, -0.2) is 30.1 Å². The van der Waals surface area contributed by atoms with Crippen LogP contribution in [0.1, 0.15) is 23.3 Å². The smallest absolute Gasteiger partial charge is 0.270 e. The molecule has 1 saturated heterocycles. The number of rotatable bonds is 4. The lowest BCUT2D eigenvalue weighted by Crippen LogP contribution is -2.32. The van der Waals surface area contributed by atoms with E-state index in [1.807, 2.05) is 0 Å². The van der Waals surface area contributed by atoms with E-state index in [1.165, 1.54) is 6.20 Å². The summed E-state index contributed by atoms with van der Waals surface area (Å²) in [6, 6.07) is 3.29. The number of hydrazine groups is 1. The lowest BCUT2D eigenvalue weighted by atomic mass is 10.2. The van der Waals surface area contributed by atoms with E-state index in [-0.39, 0.29) is 12.0 Å². The number of ether oxygens (including phenoxy) is 1. The molecule has 1 aromatic heterocycles. The first kappa shape index (κ1) is 11.8. The average molecular weight is 236 g/mol. The van der Waals surface area contributed by atoms with E-state index in [9.17, 15) is 4.79 Å². The molecule has 0 aliphatic carbocycles. The van der Waals surface area contributed by atoms with Crippen LogP contribution in [0.5, 0.6) is 0 Å². The number of nitrogens with one attached hydrogen (secondary N) is 2. The first-order valence-corrected chi connectivity index (χ1v) is 5.62. The normalized spacial score (nSPS) is 19.0. The molecule has 1 unspecified atom stereocenters. The Morgan fingerprint density at radius 1 is 1.65 bits per heavy atom. The van der Waals surface area contributed by atoms with Crippen molar-refractivity contribution in [2.24, 2.45) is 5.84 Å². The molecule has 1 fully saturated rings. The zero-order valence-corrected chi connectivity index (χ0v) is 9.48. The summed E-state index contributed by atoms with van der Waals surface area (Å²) in [6.45, 7) is 1.31. The molecule has 0 spiro atoms. The van der Waals surface area contributed by atoms with Gasteiger partial charge in [0, 0.05) is 19.3 Å². The number of hydrogen-bond acceptors (Lipinski definition) is 5. The predicted octanol–water partition coefficient (Wildman–Crippen LogP) is 0.276. The highest BCUT2D eigenvalue weighted by Gasteiger charge is 2.17. The zero-order chi connectivity index (χ0) is 12.1. The number of carbonyl (C=O) groups is 1. The van der Waals surface area contributed by atoms with Gasteiger partial charge in [0.25, 0.3) is 5.91 Å². The quantitative estimate of drug-likeness (QED) is 0.516. The van der Waals surface area contributed by atoms with Crippen molar-refractivity contribution in [1.82, 2.24) is 10.3 Å². The Morgan fingerprint density at radius 3 is 3.24 bits per heavy atom. The minimum Gasteiger partial charge on any atom is -0.376 e. The van der Waals surface area contributed by atoms with E-state index < -0.39 is 0 Å².